The van der Waals surface area contributed by atoms with Gasteiger partial charge in [0.1, 0.15) is 5.82 Å². The van der Waals surface area contributed by atoms with Crippen molar-refractivity contribution in [1.29, 1.82) is 0 Å². The smallest absolute Gasteiger partial charge is 0.242 e. The predicted molar refractivity (Wildman–Crippen MR) is 72.7 cm³/mol. The quantitative estimate of drug-likeness (QED) is 0.876. The van der Waals surface area contributed by atoms with E-state index in [-0.39, 0.29) is 9.37 Å². The van der Waals surface area contributed by atoms with Crippen molar-refractivity contribution in [2.24, 2.45) is 0 Å². The van der Waals surface area contributed by atoms with Crippen molar-refractivity contribution in [3.8, 4) is 0 Å². The van der Waals surface area contributed by atoms with Crippen LogP contribution in [-0.2, 0) is 10.0 Å². The Morgan fingerprint density at radius 3 is 2.63 bits per heavy atom. The second-order valence-electron chi connectivity index (χ2n) is 4.65. The number of halogens is 2. The summed E-state index contributed by atoms with van der Waals surface area (Å²) in [4.78, 5) is -0.0216. The summed E-state index contributed by atoms with van der Waals surface area (Å²) >= 11 is 3.04. The van der Waals surface area contributed by atoms with Crippen molar-refractivity contribution < 1.29 is 17.9 Å². The molecule has 1 aliphatic carbocycles. The molecule has 0 radical (unpaired) electrons. The van der Waals surface area contributed by atoms with E-state index in [0.29, 0.717) is 12.8 Å². The lowest BCUT2D eigenvalue weighted by Crippen LogP contribution is -2.45. The standard InChI is InChI=1S/C12H15BrFNO3S/c13-9-7-8(14)5-6-12(9)19(17,18)15-10-3-1-2-4-11(10)16/h5-7,10-11,15-16H,1-4H2. The predicted octanol–water partition coefficient (Wildman–Crippen LogP) is 2.17. The highest BCUT2D eigenvalue weighted by atomic mass is 79.9. The van der Waals surface area contributed by atoms with E-state index in [1.807, 2.05) is 0 Å². The zero-order valence-electron chi connectivity index (χ0n) is 10.1. The van der Waals surface area contributed by atoms with Crippen molar-refractivity contribution in [3.63, 3.8) is 0 Å². The highest BCUT2D eigenvalue weighted by Crippen LogP contribution is 2.25. The van der Waals surface area contributed by atoms with Gasteiger partial charge in [-0.2, -0.15) is 0 Å². The van der Waals surface area contributed by atoms with E-state index in [4.69, 9.17) is 0 Å². The van der Waals surface area contributed by atoms with E-state index >= 15 is 0 Å². The Morgan fingerprint density at radius 2 is 2.00 bits per heavy atom. The molecule has 2 rings (SSSR count). The van der Waals surface area contributed by atoms with E-state index in [0.717, 1.165) is 25.0 Å². The first-order valence-corrected chi connectivity index (χ1v) is 8.33. The molecule has 1 aromatic carbocycles. The van der Waals surface area contributed by atoms with Crippen LogP contribution in [-0.4, -0.2) is 25.7 Å². The monoisotopic (exact) mass is 351 g/mol. The van der Waals surface area contributed by atoms with Gasteiger partial charge < -0.3 is 5.11 Å². The van der Waals surface area contributed by atoms with Crippen molar-refractivity contribution in [2.45, 2.75) is 42.7 Å². The zero-order chi connectivity index (χ0) is 14.0. The summed E-state index contributed by atoms with van der Waals surface area (Å²) in [7, 11) is -3.76. The van der Waals surface area contributed by atoms with Crippen LogP contribution in [0.15, 0.2) is 27.6 Å². The molecule has 0 saturated heterocycles. The average molecular weight is 352 g/mol. The van der Waals surface area contributed by atoms with Gasteiger partial charge in [0.2, 0.25) is 10.0 Å². The Labute approximate surface area is 120 Å². The first kappa shape index (κ1) is 14.9. The van der Waals surface area contributed by atoms with Crippen LogP contribution in [0.4, 0.5) is 4.39 Å². The van der Waals surface area contributed by atoms with Gasteiger partial charge in [-0.05, 0) is 47.0 Å². The molecule has 1 aromatic rings. The normalized spacial score (nSPS) is 24.4. The van der Waals surface area contributed by atoms with E-state index < -0.39 is 28.0 Å². The highest BCUT2D eigenvalue weighted by Gasteiger charge is 2.29. The van der Waals surface area contributed by atoms with Crippen LogP contribution in [0.25, 0.3) is 0 Å². The van der Waals surface area contributed by atoms with Gasteiger partial charge in [-0.15, -0.1) is 0 Å². The maximum Gasteiger partial charge on any atom is 0.242 e. The molecule has 1 aliphatic rings. The minimum absolute atomic E-state index is 0.0216. The highest BCUT2D eigenvalue weighted by molar-refractivity contribution is 9.10. The van der Waals surface area contributed by atoms with Gasteiger partial charge in [-0.25, -0.2) is 17.5 Å². The molecular formula is C12H15BrFNO3S. The molecule has 106 valence electrons. The molecule has 0 aliphatic heterocycles. The molecule has 0 heterocycles. The van der Waals surface area contributed by atoms with Crippen LogP contribution in [0, 0.1) is 5.82 Å². The summed E-state index contributed by atoms with van der Waals surface area (Å²) in [6, 6.07) is 2.93. The second-order valence-corrected chi connectivity index (χ2v) is 7.19. The maximum absolute atomic E-state index is 13.0. The first-order valence-electron chi connectivity index (χ1n) is 6.05. The zero-order valence-corrected chi connectivity index (χ0v) is 12.5. The van der Waals surface area contributed by atoms with Crippen LogP contribution in [0.5, 0.6) is 0 Å². The number of aliphatic hydroxyl groups is 1. The third-order valence-corrected chi connectivity index (χ3v) is 5.69. The molecule has 7 heteroatoms. The van der Waals surface area contributed by atoms with Gasteiger partial charge >= 0.3 is 0 Å². The summed E-state index contributed by atoms with van der Waals surface area (Å²) in [5, 5.41) is 9.79. The number of rotatable bonds is 3. The molecule has 2 unspecified atom stereocenters. The van der Waals surface area contributed by atoms with Crippen molar-refractivity contribution >= 4 is 26.0 Å². The summed E-state index contributed by atoms with van der Waals surface area (Å²) in [5.74, 6) is -0.511. The third kappa shape index (κ3) is 3.53. The maximum atomic E-state index is 13.0. The SMILES string of the molecule is O=S(=O)(NC1CCCCC1O)c1ccc(F)cc1Br. The fraction of sp³-hybridized carbons (Fsp3) is 0.500. The Balaban J connectivity index is 2.22. The molecule has 1 saturated carbocycles. The Morgan fingerprint density at radius 1 is 1.32 bits per heavy atom. The van der Waals surface area contributed by atoms with E-state index in [2.05, 4.69) is 20.7 Å². The van der Waals surface area contributed by atoms with Gasteiger partial charge in [0.15, 0.2) is 0 Å². The lowest BCUT2D eigenvalue weighted by molar-refractivity contribution is 0.101. The topological polar surface area (TPSA) is 66.4 Å². The van der Waals surface area contributed by atoms with Crippen LogP contribution < -0.4 is 4.72 Å². The molecule has 0 spiro atoms. The average Bonchev–Trinajstić information content (AvgIpc) is 2.31. The summed E-state index contributed by atoms with van der Waals surface area (Å²) in [6.45, 7) is 0. The number of aliphatic hydroxyl groups excluding tert-OH is 1. The van der Waals surface area contributed by atoms with Gasteiger partial charge in [-0.3, -0.25) is 0 Å². The number of sulfonamides is 1. The number of hydrogen-bond acceptors (Lipinski definition) is 3. The number of benzene rings is 1. The molecule has 4 nitrogen and oxygen atoms in total. The number of nitrogens with one attached hydrogen (secondary N) is 1. The second kappa shape index (κ2) is 5.87. The van der Waals surface area contributed by atoms with Crippen molar-refractivity contribution in [2.75, 3.05) is 0 Å². The van der Waals surface area contributed by atoms with Gasteiger partial charge in [0.05, 0.1) is 11.0 Å². The molecule has 0 aromatic heterocycles. The summed E-state index contributed by atoms with van der Waals surface area (Å²) < 4.78 is 40.0. The van der Waals surface area contributed by atoms with E-state index in [9.17, 15) is 17.9 Å². The molecule has 2 atom stereocenters. The number of hydrogen-bond donors (Lipinski definition) is 2. The van der Waals surface area contributed by atoms with Crippen molar-refractivity contribution in [3.05, 3.63) is 28.5 Å². The van der Waals surface area contributed by atoms with Crippen LogP contribution in [0.3, 0.4) is 0 Å². The van der Waals surface area contributed by atoms with E-state index in [1.165, 1.54) is 6.07 Å². The van der Waals surface area contributed by atoms with Crippen LogP contribution in [0.2, 0.25) is 0 Å². The summed E-state index contributed by atoms with van der Waals surface area (Å²) in [5.41, 5.74) is 0. The lowest BCUT2D eigenvalue weighted by atomic mass is 9.93. The molecule has 19 heavy (non-hydrogen) atoms. The fourth-order valence-corrected chi connectivity index (χ4v) is 4.56. The Hall–Kier alpha value is -0.500. The molecule has 0 amide bonds. The Kier molecular flexibility index (Phi) is 4.60. The van der Waals surface area contributed by atoms with Crippen LogP contribution in [0.1, 0.15) is 25.7 Å². The van der Waals surface area contributed by atoms with Gasteiger partial charge in [0.25, 0.3) is 0 Å². The summed E-state index contributed by atoms with van der Waals surface area (Å²) in [6.07, 6.45) is 2.33. The molecular weight excluding hydrogens is 337 g/mol. The van der Waals surface area contributed by atoms with Crippen LogP contribution >= 0.6 is 15.9 Å². The molecule has 1 fully saturated rings. The third-order valence-electron chi connectivity index (χ3n) is 3.22. The van der Waals surface area contributed by atoms with E-state index in [1.54, 1.807) is 0 Å². The lowest BCUT2D eigenvalue weighted by Gasteiger charge is -2.28. The van der Waals surface area contributed by atoms with Crippen molar-refractivity contribution in [1.82, 2.24) is 4.72 Å². The molecule has 2 N–H and O–H groups in total. The minimum Gasteiger partial charge on any atom is -0.391 e. The van der Waals surface area contributed by atoms with Gasteiger partial charge in [0, 0.05) is 10.5 Å². The first-order chi connectivity index (χ1) is 8.90. The van der Waals surface area contributed by atoms with Gasteiger partial charge in [-0.1, -0.05) is 12.8 Å². The fourth-order valence-electron chi connectivity index (χ4n) is 2.20. The largest absolute Gasteiger partial charge is 0.391 e. The minimum atomic E-state index is -3.76. The molecule has 0 bridgehead atoms. The Bertz CT molecular complexity index is 564.